The molecule has 2 aliphatic heterocycles. The van der Waals surface area contributed by atoms with E-state index in [1.807, 2.05) is 0 Å². The van der Waals surface area contributed by atoms with Crippen molar-refractivity contribution in [3.63, 3.8) is 0 Å². The molecule has 4 fully saturated rings. The summed E-state index contributed by atoms with van der Waals surface area (Å²) in [6.45, 7) is 13.4. The lowest BCUT2D eigenvalue weighted by Gasteiger charge is -2.63. The predicted molar refractivity (Wildman–Crippen MR) is 165 cm³/mol. The minimum absolute atomic E-state index is 0.132. The van der Waals surface area contributed by atoms with E-state index in [0.29, 0.717) is 39.2 Å². The zero-order valence-corrected chi connectivity index (χ0v) is 26.4. The number of halogens is 1. The summed E-state index contributed by atoms with van der Waals surface area (Å²) in [7, 11) is 0. The second kappa shape index (κ2) is 11.2. The Morgan fingerprint density at radius 2 is 1.79 bits per heavy atom. The molecule has 1 spiro atoms. The molecule has 9 nitrogen and oxygen atoms in total. The maximum Gasteiger partial charge on any atom is 0.254 e. The van der Waals surface area contributed by atoms with E-state index in [2.05, 4.69) is 58.8 Å². The Bertz CT molecular complexity index is 1380. The molecular weight excluding hydrogens is 564 g/mol. The van der Waals surface area contributed by atoms with Crippen molar-refractivity contribution in [2.24, 2.45) is 22.2 Å². The average Bonchev–Trinajstić information content (AvgIpc) is 3.76. The summed E-state index contributed by atoms with van der Waals surface area (Å²) in [6.07, 6.45) is 8.38. The number of carbonyl (C=O) groups excluding carboxylic acids is 1. The number of aliphatic hydroxyl groups is 1. The molecule has 2 saturated heterocycles. The van der Waals surface area contributed by atoms with Crippen molar-refractivity contribution >= 4 is 23.5 Å². The third kappa shape index (κ3) is 5.70. The van der Waals surface area contributed by atoms with Crippen molar-refractivity contribution in [1.82, 2.24) is 20.2 Å². The smallest absolute Gasteiger partial charge is 0.254 e. The number of ether oxygens (including phenoxy) is 1. The van der Waals surface area contributed by atoms with Crippen LogP contribution in [0.3, 0.4) is 0 Å². The summed E-state index contributed by atoms with van der Waals surface area (Å²) in [4.78, 5) is 27.5. The van der Waals surface area contributed by atoms with E-state index in [1.54, 1.807) is 30.6 Å². The number of likely N-dealkylation sites (tertiary alicyclic amines) is 1. The first-order valence-corrected chi connectivity index (χ1v) is 16.0. The molecule has 1 aromatic carbocycles. The summed E-state index contributed by atoms with van der Waals surface area (Å²) in [5, 5.41) is 22.6. The summed E-state index contributed by atoms with van der Waals surface area (Å²) in [5.74, 6) is 1.79. The Morgan fingerprint density at radius 3 is 2.40 bits per heavy atom. The van der Waals surface area contributed by atoms with Gasteiger partial charge in [-0.1, -0.05) is 39.3 Å². The molecule has 3 heterocycles. The highest BCUT2D eigenvalue weighted by Crippen LogP contribution is 2.57. The lowest BCUT2D eigenvalue weighted by atomic mass is 9.49. The van der Waals surface area contributed by atoms with Crippen molar-refractivity contribution in [1.29, 1.82) is 5.26 Å². The monoisotopic (exact) mass is 606 g/mol. The summed E-state index contributed by atoms with van der Waals surface area (Å²) in [5.41, 5.74) is 0.499. The average molecular weight is 607 g/mol. The summed E-state index contributed by atoms with van der Waals surface area (Å²) in [6, 6.07) is 7.03. The van der Waals surface area contributed by atoms with Gasteiger partial charge in [-0.3, -0.25) is 4.79 Å². The SMILES string of the molecule is CC1(C)C(NC(=O)c2cnc(N3CCC(CN4CCC(O)CC4)C4(CC4)C3)nc2)C(C)(C)C1Oc1ccc(C#N)c(Cl)c1. The summed E-state index contributed by atoms with van der Waals surface area (Å²) < 4.78 is 6.35. The number of nitrogens with zero attached hydrogens (tertiary/aromatic N) is 5. The molecule has 1 amide bonds. The zero-order valence-electron chi connectivity index (χ0n) is 25.6. The van der Waals surface area contributed by atoms with Gasteiger partial charge in [0.2, 0.25) is 5.95 Å². The molecule has 4 aliphatic rings. The van der Waals surface area contributed by atoms with Gasteiger partial charge in [-0.15, -0.1) is 0 Å². The number of hydrogen-bond donors (Lipinski definition) is 2. The van der Waals surface area contributed by atoms with E-state index in [9.17, 15) is 9.90 Å². The predicted octanol–water partition coefficient (Wildman–Crippen LogP) is 4.68. The lowest BCUT2D eigenvalue weighted by Crippen LogP contribution is -2.74. The maximum atomic E-state index is 13.3. The van der Waals surface area contributed by atoms with Crippen molar-refractivity contribution in [2.75, 3.05) is 37.6 Å². The fourth-order valence-corrected chi connectivity index (χ4v) is 8.43. The van der Waals surface area contributed by atoms with Crippen molar-refractivity contribution in [3.05, 3.63) is 46.7 Å². The van der Waals surface area contributed by atoms with Gasteiger partial charge in [-0.05, 0) is 55.6 Å². The van der Waals surface area contributed by atoms with Crippen LogP contribution in [0.4, 0.5) is 5.95 Å². The van der Waals surface area contributed by atoms with E-state index in [1.165, 1.54) is 12.8 Å². The third-order valence-corrected chi connectivity index (χ3v) is 11.0. The standard InChI is InChI=1S/C33H43ClN6O3/c1-31(2)28(32(3,4)29(31)43-25-6-5-21(16-35)26(34)15-25)38-27(42)22-17-36-30(37-18-22)40-14-7-23(33(20-40)10-11-33)19-39-12-8-24(41)9-13-39/h5-6,15,17-18,23-24,28-29,41H,7-14,19-20H2,1-4H3,(H,38,42). The van der Waals surface area contributed by atoms with Crippen LogP contribution in [-0.4, -0.2) is 76.9 Å². The molecule has 2 aliphatic carbocycles. The number of hydrogen-bond acceptors (Lipinski definition) is 8. The molecular formula is C33H43ClN6O3. The number of nitrogens with one attached hydrogen (secondary N) is 1. The topological polar surface area (TPSA) is 115 Å². The molecule has 1 atom stereocenters. The van der Waals surface area contributed by atoms with Gasteiger partial charge in [-0.2, -0.15) is 5.26 Å². The van der Waals surface area contributed by atoms with Crippen molar-refractivity contribution in [2.45, 2.75) is 78.0 Å². The Hall–Kier alpha value is -2.93. The van der Waals surface area contributed by atoms with Gasteiger partial charge in [0.25, 0.3) is 5.91 Å². The maximum absolute atomic E-state index is 13.3. The minimum Gasteiger partial charge on any atom is -0.489 e. The molecule has 6 rings (SSSR count). The van der Waals surface area contributed by atoms with Crippen LogP contribution in [0.1, 0.15) is 75.7 Å². The normalized spacial score (nSPS) is 27.7. The molecule has 0 radical (unpaired) electrons. The van der Waals surface area contributed by atoms with Gasteiger partial charge in [-0.25, -0.2) is 9.97 Å². The first kappa shape index (κ1) is 30.1. The van der Waals surface area contributed by atoms with Crippen molar-refractivity contribution < 1.29 is 14.6 Å². The Balaban J connectivity index is 1.05. The first-order chi connectivity index (χ1) is 20.4. The first-order valence-electron chi connectivity index (χ1n) is 15.6. The van der Waals surface area contributed by atoms with Gasteiger partial charge in [0, 0.05) is 68.1 Å². The molecule has 1 unspecified atom stereocenters. The number of carbonyl (C=O) groups is 1. The Labute approximate surface area is 259 Å². The van der Waals surface area contributed by atoms with Crippen LogP contribution in [0.25, 0.3) is 0 Å². The van der Waals surface area contributed by atoms with Gasteiger partial charge < -0.3 is 25.0 Å². The van der Waals surface area contributed by atoms with Crippen LogP contribution in [0.5, 0.6) is 5.75 Å². The summed E-state index contributed by atoms with van der Waals surface area (Å²) >= 11 is 6.22. The van der Waals surface area contributed by atoms with Crippen LogP contribution >= 0.6 is 11.6 Å². The molecule has 2 saturated carbocycles. The lowest BCUT2D eigenvalue weighted by molar-refractivity contribution is -0.164. The second-order valence-corrected chi connectivity index (χ2v) is 14.8. The largest absolute Gasteiger partial charge is 0.489 e. The van der Waals surface area contributed by atoms with Gasteiger partial charge in [0.05, 0.1) is 22.3 Å². The van der Waals surface area contributed by atoms with Crippen LogP contribution in [0.2, 0.25) is 5.02 Å². The molecule has 43 heavy (non-hydrogen) atoms. The number of rotatable bonds is 7. The molecule has 0 bridgehead atoms. The minimum atomic E-state index is -0.350. The number of anilines is 1. The molecule has 2 aromatic rings. The van der Waals surface area contributed by atoms with Crippen LogP contribution in [-0.2, 0) is 0 Å². The van der Waals surface area contributed by atoms with E-state index >= 15 is 0 Å². The number of aromatic nitrogens is 2. The molecule has 10 heteroatoms. The number of piperidine rings is 2. The number of amides is 1. The molecule has 230 valence electrons. The van der Waals surface area contributed by atoms with E-state index in [0.717, 1.165) is 52.0 Å². The third-order valence-electron chi connectivity index (χ3n) is 10.7. The highest BCUT2D eigenvalue weighted by molar-refractivity contribution is 6.31. The molecule has 2 N–H and O–H groups in total. The Kier molecular flexibility index (Phi) is 7.85. The number of aliphatic hydroxyl groups excluding tert-OH is 1. The Morgan fingerprint density at radius 1 is 1.12 bits per heavy atom. The van der Waals surface area contributed by atoms with E-state index < -0.39 is 0 Å². The fraction of sp³-hybridized carbons (Fsp3) is 0.636. The van der Waals surface area contributed by atoms with Crippen LogP contribution in [0.15, 0.2) is 30.6 Å². The van der Waals surface area contributed by atoms with Crippen molar-refractivity contribution in [3.8, 4) is 11.8 Å². The fourth-order valence-electron chi connectivity index (χ4n) is 8.21. The highest BCUT2D eigenvalue weighted by Gasteiger charge is 2.64. The number of benzene rings is 1. The van der Waals surface area contributed by atoms with Crippen LogP contribution in [0, 0.1) is 33.5 Å². The second-order valence-electron chi connectivity index (χ2n) is 14.4. The molecule has 1 aromatic heterocycles. The zero-order chi connectivity index (χ0) is 30.6. The number of nitriles is 1. The van der Waals surface area contributed by atoms with E-state index in [-0.39, 0.29) is 35.0 Å². The van der Waals surface area contributed by atoms with Gasteiger partial charge in [0.15, 0.2) is 0 Å². The van der Waals surface area contributed by atoms with E-state index in [4.69, 9.17) is 21.6 Å². The highest BCUT2D eigenvalue weighted by atomic mass is 35.5. The van der Waals surface area contributed by atoms with Crippen LogP contribution < -0.4 is 15.0 Å². The van der Waals surface area contributed by atoms with Gasteiger partial charge >= 0.3 is 0 Å². The quantitative estimate of drug-likeness (QED) is 0.467. The van der Waals surface area contributed by atoms with Gasteiger partial charge in [0.1, 0.15) is 17.9 Å².